The molecule has 0 radical (unpaired) electrons. The highest BCUT2D eigenvalue weighted by atomic mass is 32.2. The Hall–Kier alpha value is -8.73. The van der Waals surface area contributed by atoms with Gasteiger partial charge in [-0.15, -0.1) is 0 Å². The molecule has 11 amide bonds. The molecular formula is C62H85N13O13S2. The molecule has 488 valence electrons. The summed E-state index contributed by atoms with van der Waals surface area (Å²) in [5.41, 5.74) is 19.7. The Morgan fingerprint density at radius 1 is 0.411 bits per heavy atom. The van der Waals surface area contributed by atoms with Crippen LogP contribution in [0, 0.1) is 0 Å². The SMILES string of the molecule is CSCC[C@H](NC(=O)[C@H](Cc1ccccc1)NC(=O)CNC(=O)[C@@H](C)NC(=O)[C@H](Cc1ccc(O)cc1)NC(=O)[C@H](CCSC)NC(=O)[C@H](Cc1ccccc1)NC(=O)CNC(=O)[C@@H](C)NC(=O)[C@@H](N)Cc1ccc(O)cc1)C(=O)N[C@@H](CCCCN)C(N)=O. The molecule has 0 spiro atoms. The number of carbonyl (C=O) groups excluding carboxylic acids is 11. The van der Waals surface area contributed by atoms with Gasteiger partial charge in [0.2, 0.25) is 65.0 Å². The van der Waals surface area contributed by atoms with Crippen LogP contribution in [-0.4, -0.2) is 173 Å². The van der Waals surface area contributed by atoms with Crippen LogP contribution in [0.4, 0.5) is 0 Å². The van der Waals surface area contributed by atoms with Crippen LogP contribution in [0.15, 0.2) is 109 Å². The van der Waals surface area contributed by atoms with E-state index < -0.39 is 132 Å². The van der Waals surface area contributed by atoms with Crippen molar-refractivity contribution in [1.29, 1.82) is 0 Å². The van der Waals surface area contributed by atoms with E-state index in [4.69, 9.17) is 17.2 Å². The Labute approximate surface area is 532 Å². The van der Waals surface area contributed by atoms with Crippen LogP contribution in [0.2, 0.25) is 0 Å². The Balaban J connectivity index is 1.45. The maximum atomic E-state index is 14.4. The van der Waals surface area contributed by atoms with E-state index in [1.54, 1.807) is 79.1 Å². The molecule has 4 rings (SSSR count). The molecule has 18 N–H and O–H groups in total. The fourth-order valence-corrected chi connectivity index (χ4v) is 9.89. The highest BCUT2D eigenvalue weighted by molar-refractivity contribution is 7.98. The Bertz CT molecular complexity index is 3010. The molecule has 26 nitrogen and oxygen atoms in total. The zero-order valence-electron chi connectivity index (χ0n) is 50.9. The van der Waals surface area contributed by atoms with Gasteiger partial charge in [-0.3, -0.25) is 52.7 Å². The zero-order valence-corrected chi connectivity index (χ0v) is 52.6. The van der Waals surface area contributed by atoms with Gasteiger partial charge in [-0.05, 0) is 129 Å². The molecular weight excluding hydrogens is 1200 g/mol. The van der Waals surface area contributed by atoms with E-state index in [9.17, 15) is 63.0 Å². The fraction of sp³-hybridized carbons (Fsp3) is 0.435. The summed E-state index contributed by atoms with van der Waals surface area (Å²) in [5, 5.41) is 45.6. The number of amides is 11. The van der Waals surface area contributed by atoms with Gasteiger partial charge in [-0.2, -0.15) is 23.5 Å². The number of hydrogen-bond donors (Lipinski definition) is 15. The minimum Gasteiger partial charge on any atom is -0.508 e. The molecule has 0 aliphatic heterocycles. The van der Waals surface area contributed by atoms with Crippen molar-refractivity contribution in [2.24, 2.45) is 17.2 Å². The second-order valence-electron chi connectivity index (χ2n) is 21.4. The summed E-state index contributed by atoms with van der Waals surface area (Å²) in [4.78, 5) is 149. The lowest BCUT2D eigenvalue weighted by Crippen LogP contribution is -2.59. The predicted octanol–water partition coefficient (Wildman–Crippen LogP) is -1.03. The molecule has 0 saturated heterocycles. The number of benzene rings is 4. The normalized spacial score (nSPS) is 13.9. The standard InChI is InChI=1S/C62H85N13O13S2/c1-37(68-57(83)45(64)31-41-18-22-43(76)23-19-41)55(81)66-35-52(78)71-50(33-40-15-9-6-10-16-40)62(88)74-48(27-30-90-4)59(85)75-51(34-42-20-24-44(77)25-21-42)60(86)69-38(2)56(82)67-36-53(79)70-49(32-39-13-7-5-8-14-39)61(87)73-47(26-29-89-3)58(84)72-46(54(65)80)17-11-12-28-63/h5-10,13-16,18-25,37-38,45-51,76-77H,11-12,17,26-36,63-64H2,1-4H3,(H2,65,80)(H,66,81)(H,67,82)(H,68,83)(H,69,86)(H,70,79)(H,71,78)(H,72,84)(H,73,87)(H,74,88)(H,75,85)/t37-,38-,45+,46+,47+,48+,49+,50+,51+/m1/s1. The van der Waals surface area contributed by atoms with Gasteiger partial charge in [0.05, 0.1) is 19.1 Å². The Morgan fingerprint density at radius 3 is 1.16 bits per heavy atom. The lowest BCUT2D eigenvalue weighted by molar-refractivity contribution is -0.135. The second kappa shape index (κ2) is 39.3. The first-order valence-electron chi connectivity index (χ1n) is 29.3. The third-order valence-electron chi connectivity index (χ3n) is 14.1. The summed E-state index contributed by atoms with van der Waals surface area (Å²) in [6.07, 6.45) is 5.05. The first-order chi connectivity index (χ1) is 43.0. The predicted molar refractivity (Wildman–Crippen MR) is 343 cm³/mol. The average molecular weight is 1280 g/mol. The smallest absolute Gasteiger partial charge is 0.243 e. The number of nitrogens with one attached hydrogen (secondary N) is 10. The molecule has 0 heterocycles. The first kappa shape index (κ1) is 73.7. The van der Waals surface area contributed by atoms with Crippen molar-refractivity contribution in [3.8, 4) is 11.5 Å². The van der Waals surface area contributed by atoms with Crippen molar-refractivity contribution in [2.75, 3.05) is 43.7 Å². The van der Waals surface area contributed by atoms with Gasteiger partial charge in [0.1, 0.15) is 59.8 Å². The molecule has 0 saturated carbocycles. The van der Waals surface area contributed by atoms with Crippen LogP contribution in [0.1, 0.15) is 68.2 Å². The quantitative estimate of drug-likeness (QED) is 0.0238. The van der Waals surface area contributed by atoms with E-state index in [-0.39, 0.29) is 56.4 Å². The van der Waals surface area contributed by atoms with Crippen molar-refractivity contribution < 1.29 is 63.0 Å². The van der Waals surface area contributed by atoms with Crippen molar-refractivity contribution in [3.63, 3.8) is 0 Å². The summed E-state index contributed by atoms with van der Waals surface area (Å²) in [6, 6.07) is 18.4. The molecule has 0 unspecified atom stereocenters. The maximum absolute atomic E-state index is 14.4. The Morgan fingerprint density at radius 2 is 0.756 bits per heavy atom. The van der Waals surface area contributed by atoms with Crippen molar-refractivity contribution >= 4 is 88.5 Å². The molecule has 0 aliphatic carbocycles. The van der Waals surface area contributed by atoms with Gasteiger partial charge in [-0.25, -0.2) is 0 Å². The van der Waals surface area contributed by atoms with Gasteiger partial charge < -0.3 is 80.6 Å². The zero-order chi connectivity index (χ0) is 66.1. The summed E-state index contributed by atoms with van der Waals surface area (Å²) in [6.45, 7) is 1.84. The number of nitrogens with two attached hydrogens (primary N) is 3. The molecule has 0 aliphatic rings. The Kier molecular flexibility index (Phi) is 32.2. The highest BCUT2D eigenvalue weighted by Gasteiger charge is 2.33. The largest absolute Gasteiger partial charge is 0.508 e. The topological polar surface area (TPSA) is 427 Å². The van der Waals surface area contributed by atoms with Crippen LogP contribution in [0.3, 0.4) is 0 Å². The van der Waals surface area contributed by atoms with Gasteiger partial charge >= 0.3 is 0 Å². The number of primary amides is 1. The molecule has 4 aromatic rings. The van der Waals surface area contributed by atoms with Crippen molar-refractivity contribution in [2.45, 2.75) is 126 Å². The first-order valence-corrected chi connectivity index (χ1v) is 32.1. The number of thioether (sulfide) groups is 2. The van der Waals surface area contributed by atoms with Crippen LogP contribution in [-0.2, 0) is 78.4 Å². The summed E-state index contributed by atoms with van der Waals surface area (Å²) < 4.78 is 0. The number of aromatic hydroxyl groups is 2. The summed E-state index contributed by atoms with van der Waals surface area (Å²) in [5.74, 6) is -7.59. The second-order valence-corrected chi connectivity index (χ2v) is 23.3. The fourth-order valence-electron chi connectivity index (χ4n) is 8.95. The average Bonchev–Trinajstić information content (AvgIpc) is 2.62. The van der Waals surface area contributed by atoms with Gasteiger partial charge in [0.15, 0.2) is 0 Å². The monoisotopic (exact) mass is 1280 g/mol. The van der Waals surface area contributed by atoms with Crippen LogP contribution in [0.5, 0.6) is 11.5 Å². The number of phenols is 2. The van der Waals surface area contributed by atoms with Gasteiger partial charge in [0, 0.05) is 19.3 Å². The lowest BCUT2D eigenvalue weighted by atomic mass is 10.0. The third kappa shape index (κ3) is 26.9. The van der Waals surface area contributed by atoms with Gasteiger partial charge in [0.25, 0.3) is 0 Å². The third-order valence-corrected chi connectivity index (χ3v) is 15.3. The lowest BCUT2D eigenvalue weighted by Gasteiger charge is -2.26. The van der Waals surface area contributed by atoms with E-state index in [0.717, 1.165) is 0 Å². The molecule has 28 heteroatoms. The maximum Gasteiger partial charge on any atom is 0.243 e. The number of carbonyl (C=O) groups is 11. The molecule has 90 heavy (non-hydrogen) atoms. The van der Waals surface area contributed by atoms with Crippen LogP contribution >= 0.6 is 23.5 Å². The molecule has 9 atom stereocenters. The van der Waals surface area contributed by atoms with E-state index >= 15 is 0 Å². The number of rotatable bonds is 39. The number of phenolic OH excluding ortho intramolecular Hbond substituents is 2. The number of hydrogen-bond acceptors (Lipinski definition) is 17. The minimum absolute atomic E-state index is 0.0206. The van der Waals surface area contributed by atoms with Gasteiger partial charge in [-0.1, -0.05) is 84.9 Å². The van der Waals surface area contributed by atoms with E-state index in [2.05, 4.69) is 53.2 Å². The molecule has 0 bridgehead atoms. The van der Waals surface area contributed by atoms with E-state index in [1.807, 2.05) is 6.26 Å². The van der Waals surface area contributed by atoms with Crippen molar-refractivity contribution in [1.82, 2.24) is 53.2 Å². The highest BCUT2D eigenvalue weighted by Crippen LogP contribution is 2.15. The molecule has 0 aromatic heterocycles. The minimum atomic E-state index is -1.41. The summed E-state index contributed by atoms with van der Waals surface area (Å²) >= 11 is 2.79. The van der Waals surface area contributed by atoms with E-state index in [1.165, 1.54) is 73.8 Å². The molecule has 0 fully saturated rings. The summed E-state index contributed by atoms with van der Waals surface area (Å²) in [7, 11) is 0. The van der Waals surface area contributed by atoms with E-state index in [0.29, 0.717) is 53.1 Å². The van der Waals surface area contributed by atoms with Crippen LogP contribution < -0.4 is 70.4 Å². The van der Waals surface area contributed by atoms with Crippen molar-refractivity contribution in [3.05, 3.63) is 131 Å². The van der Waals surface area contributed by atoms with Crippen LogP contribution in [0.25, 0.3) is 0 Å². The number of unbranched alkanes of at least 4 members (excludes halogenated alkanes) is 1. The molecule has 4 aromatic carbocycles.